The fourth-order valence-corrected chi connectivity index (χ4v) is 7.03. The molecule has 0 radical (unpaired) electrons. The zero-order valence-corrected chi connectivity index (χ0v) is 19.1. The number of hydrogen-bond donors (Lipinski definition) is 2. The minimum atomic E-state index is -0.439. The van der Waals surface area contributed by atoms with Crippen molar-refractivity contribution >= 4 is 17.2 Å². The van der Waals surface area contributed by atoms with Crippen molar-refractivity contribution < 1.29 is 24.1 Å². The third kappa shape index (κ3) is 4.07. The third-order valence-electron chi connectivity index (χ3n) is 7.98. The molecule has 2 saturated carbocycles. The predicted octanol–water partition coefficient (Wildman–Crippen LogP) is 3.34. The molecule has 168 valence electrons. The maximum Gasteiger partial charge on any atom is 0.220 e. The lowest BCUT2D eigenvalue weighted by atomic mass is 9.46. The molecule has 3 aliphatic rings. The zero-order valence-electron chi connectivity index (χ0n) is 18.3. The number of carbonyl (C=O) groups excluding carboxylic acids is 1. The van der Waals surface area contributed by atoms with Crippen molar-refractivity contribution in [2.45, 2.75) is 71.0 Å². The van der Waals surface area contributed by atoms with Crippen LogP contribution in [0.3, 0.4) is 0 Å². The number of hydrogen-bond acceptors (Lipinski definition) is 6. The topological polar surface area (TPSA) is 77.0 Å². The first-order valence-corrected chi connectivity index (χ1v) is 12.0. The smallest absolute Gasteiger partial charge is 0.220 e. The number of amides is 1. The van der Waals surface area contributed by atoms with Crippen LogP contribution in [0.5, 0.6) is 0 Å². The third-order valence-corrected chi connectivity index (χ3v) is 8.86. The van der Waals surface area contributed by atoms with E-state index in [9.17, 15) is 9.90 Å². The Balaban J connectivity index is 1.46. The van der Waals surface area contributed by atoms with Crippen LogP contribution in [0.1, 0.15) is 50.8 Å². The van der Waals surface area contributed by atoms with Gasteiger partial charge in [-0.05, 0) is 54.4 Å². The van der Waals surface area contributed by atoms with Gasteiger partial charge in [0, 0.05) is 23.8 Å². The zero-order chi connectivity index (χ0) is 21.4. The van der Waals surface area contributed by atoms with Crippen molar-refractivity contribution in [2.75, 3.05) is 20.3 Å². The van der Waals surface area contributed by atoms with Crippen molar-refractivity contribution in [1.82, 2.24) is 5.32 Å². The molecule has 2 N–H and O–H groups in total. The van der Waals surface area contributed by atoms with Crippen molar-refractivity contribution in [3.05, 3.63) is 22.4 Å². The van der Waals surface area contributed by atoms with E-state index < -0.39 is 6.10 Å². The lowest BCUT2D eigenvalue weighted by Gasteiger charge is -2.62. The van der Waals surface area contributed by atoms with E-state index >= 15 is 0 Å². The minimum Gasteiger partial charge on any atom is -0.393 e. The molecule has 1 saturated heterocycles. The maximum atomic E-state index is 12.8. The highest BCUT2D eigenvalue weighted by molar-refractivity contribution is 7.09. The van der Waals surface area contributed by atoms with Gasteiger partial charge in [0.1, 0.15) is 0 Å². The van der Waals surface area contributed by atoms with Crippen LogP contribution < -0.4 is 5.32 Å². The van der Waals surface area contributed by atoms with Crippen LogP contribution in [0, 0.1) is 22.7 Å². The summed E-state index contributed by atoms with van der Waals surface area (Å²) >= 11 is 1.64. The molecule has 1 aliphatic heterocycles. The summed E-state index contributed by atoms with van der Waals surface area (Å²) in [5.41, 5.74) is -0.215. The summed E-state index contributed by atoms with van der Waals surface area (Å²) in [5, 5.41) is 16.0. The summed E-state index contributed by atoms with van der Waals surface area (Å²) in [5.74, 6) is 0.331. The first-order chi connectivity index (χ1) is 14.4. The quantitative estimate of drug-likeness (QED) is 0.714. The summed E-state index contributed by atoms with van der Waals surface area (Å²) in [6, 6.07) is 4.02. The van der Waals surface area contributed by atoms with Gasteiger partial charge in [0.25, 0.3) is 0 Å². The molecule has 4 rings (SSSR count). The maximum absolute atomic E-state index is 12.8. The molecule has 2 aliphatic carbocycles. The average molecular weight is 438 g/mol. The fraction of sp³-hybridized carbons (Fsp3) is 0.783. The minimum absolute atomic E-state index is 0.0258. The highest BCUT2D eigenvalue weighted by Gasteiger charge is 2.61. The lowest BCUT2D eigenvalue weighted by molar-refractivity contribution is -0.315. The van der Waals surface area contributed by atoms with E-state index in [2.05, 4.69) is 19.2 Å². The molecule has 6 nitrogen and oxygen atoms in total. The van der Waals surface area contributed by atoms with Crippen LogP contribution in [0.2, 0.25) is 0 Å². The fourth-order valence-electron chi connectivity index (χ4n) is 6.38. The van der Waals surface area contributed by atoms with Gasteiger partial charge < -0.3 is 24.6 Å². The first kappa shape index (κ1) is 22.2. The Bertz CT molecular complexity index is 727. The van der Waals surface area contributed by atoms with Gasteiger partial charge in [0.05, 0.1) is 32.0 Å². The Morgan fingerprint density at radius 1 is 1.33 bits per heavy atom. The Labute approximate surface area is 183 Å². The van der Waals surface area contributed by atoms with Gasteiger partial charge in [-0.3, -0.25) is 4.79 Å². The standard InChI is InChI=1S/C23H35NO5S/c1-22-9-8-19-23(2,14-28-21(29-19)13-27-3)18(22)7-6-17(25)16(22)11-20(26)24-12-15-5-4-10-30-15/h4-5,10,16-19,21,25H,6-9,11-14H2,1-3H3,(H,24,26). The number of aliphatic hydroxyl groups is 1. The monoisotopic (exact) mass is 437 g/mol. The Morgan fingerprint density at radius 2 is 2.17 bits per heavy atom. The molecule has 0 spiro atoms. The van der Waals surface area contributed by atoms with Crippen molar-refractivity contribution in [3.63, 3.8) is 0 Å². The Morgan fingerprint density at radius 3 is 2.90 bits per heavy atom. The molecule has 3 fully saturated rings. The molecule has 1 aromatic rings. The Hall–Kier alpha value is -0.990. The van der Waals surface area contributed by atoms with Crippen molar-refractivity contribution in [1.29, 1.82) is 0 Å². The SMILES string of the molecule is COCC1OCC2(C)C(CCC3(C)C(CC(=O)NCc4cccs4)C(O)CCC23)O1. The number of methoxy groups -OCH3 is 1. The summed E-state index contributed by atoms with van der Waals surface area (Å²) in [7, 11) is 1.66. The van der Waals surface area contributed by atoms with Crippen LogP contribution in [0.4, 0.5) is 0 Å². The average Bonchev–Trinajstić information content (AvgIpc) is 3.23. The number of rotatable bonds is 6. The predicted molar refractivity (Wildman–Crippen MR) is 115 cm³/mol. The number of ether oxygens (including phenoxy) is 3. The van der Waals surface area contributed by atoms with E-state index in [-0.39, 0.29) is 35.0 Å². The van der Waals surface area contributed by atoms with E-state index in [1.54, 1.807) is 18.4 Å². The van der Waals surface area contributed by atoms with Gasteiger partial charge in [-0.2, -0.15) is 0 Å². The summed E-state index contributed by atoms with van der Waals surface area (Å²) in [4.78, 5) is 13.9. The van der Waals surface area contributed by atoms with Gasteiger partial charge in [-0.15, -0.1) is 11.3 Å². The van der Waals surface area contributed by atoms with E-state index in [1.165, 1.54) is 0 Å². The number of thiophene rings is 1. The molecule has 30 heavy (non-hydrogen) atoms. The largest absolute Gasteiger partial charge is 0.393 e. The highest BCUT2D eigenvalue weighted by Crippen LogP contribution is 2.62. The molecular formula is C23H35NO5S. The molecule has 7 atom stereocenters. The highest BCUT2D eigenvalue weighted by atomic mass is 32.1. The van der Waals surface area contributed by atoms with Crippen LogP contribution in [0.25, 0.3) is 0 Å². The van der Waals surface area contributed by atoms with Crippen LogP contribution in [-0.4, -0.2) is 49.8 Å². The van der Waals surface area contributed by atoms with Gasteiger partial charge >= 0.3 is 0 Å². The molecule has 7 heteroatoms. The normalized spacial score (nSPS) is 41.0. The Kier molecular flexibility index (Phi) is 6.56. The summed E-state index contributed by atoms with van der Waals surface area (Å²) in [6.07, 6.45) is 3.31. The second-order valence-corrected chi connectivity index (χ2v) is 10.8. The lowest BCUT2D eigenvalue weighted by Crippen LogP contribution is -2.63. The van der Waals surface area contributed by atoms with Gasteiger partial charge in [-0.25, -0.2) is 0 Å². The van der Waals surface area contributed by atoms with Crippen LogP contribution >= 0.6 is 11.3 Å². The number of carbonyl (C=O) groups is 1. The van der Waals surface area contributed by atoms with E-state index in [0.29, 0.717) is 32.1 Å². The van der Waals surface area contributed by atoms with E-state index in [0.717, 1.165) is 30.6 Å². The number of aliphatic hydroxyl groups excluding tert-OH is 1. The molecule has 0 aromatic carbocycles. The van der Waals surface area contributed by atoms with Crippen LogP contribution in [0.15, 0.2) is 17.5 Å². The number of fused-ring (bicyclic) bond motifs is 3. The van der Waals surface area contributed by atoms with E-state index in [4.69, 9.17) is 14.2 Å². The van der Waals surface area contributed by atoms with E-state index in [1.807, 2.05) is 17.5 Å². The van der Waals surface area contributed by atoms with Gasteiger partial charge in [0.2, 0.25) is 5.91 Å². The molecule has 1 amide bonds. The number of nitrogens with one attached hydrogen (secondary N) is 1. The van der Waals surface area contributed by atoms with Crippen LogP contribution in [-0.2, 0) is 25.5 Å². The molecule has 7 unspecified atom stereocenters. The molecular weight excluding hydrogens is 402 g/mol. The molecule has 2 heterocycles. The second kappa shape index (κ2) is 8.87. The van der Waals surface area contributed by atoms with Crippen molar-refractivity contribution in [3.8, 4) is 0 Å². The van der Waals surface area contributed by atoms with Crippen molar-refractivity contribution in [2.24, 2.45) is 22.7 Å². The van der Waals surface area contributed by atoms with Gasteiger partial charge in [-0.1, -0.05) is 19.9 Å². The molecule has 0 bridgehead atoms. The summed E-state index contributed by atoms with van der Waals surface area (Å²) in [6.45, 7) is 6.19. The summed E-state index contributed by atoms with van der Waals surface area (Å²) < 4.78 is 17.5. The van der Waals surface area contributed by atoms with Gasteiger partial charge in [0.15, 0.2) is 6.29 Å². The second-order valence-electron chi connectivity index (χ2n) is 9.73. The first-order valence-electron chi connectivity index (χ1n) is 11.1. The molecule has 1 aromatic heterocycles.